The lowest BCUT2D eigenvalue weighted by Crippen LogP contribution is -2.18. The van der Waals surface area contributed by atoms with Gasteiger partial charge in [0.1, 0.15) is 18.2 Å². The molecule has 232 valence electrons. The Bertz CT molecular complexity index is 1150. The summed E-state index contributed by atoms with van der Waals surface area (Å²) in [6.45, 7) is 3.18. The smallest absolute Gasteiger partial charge is 0.353 e. The van der Waals surface area contributed by atoms with E-state index in [-0.39, 0.29) is 19.3 Å². The number of nitrogens with zero attached hydrogens (tertiary/aromatic N) is 4. The van der Waals surface area contributed by atoms with Gasteiger partial charge in [0.15, 0.2) is 11.5 Å². The zero-order valence-corrected chi connectivity index (χ0v) is 26.7. The van der Waals surface area contributed by atoms with Crippen LogP contribution in [0.5, 0.6) is 0 Å². The van der Waals surface area contributed by atoms with Crippen LogP contribution in [0.2, 0.25) is 0 Å². The normalized spacial score (nSPS) is 17.3. The highest BCUT2D eigenvalue weighted by Gasteiger charge is 2.23. The van der Waals surface area contributed by atoms with Crippen molar-refractivity contribution in [2.24, 2.45) is 0 Å². The number of fused-ring (bicyclic) bond motifs is 1. The van der Waals surface area contributed by atoms with Crippen LogP contribution < -0.4 is 5.73 Å². The van der Waals surface area contributed by atoms with Crippen molar-refractivity contribution in [1.29, 1.82) is 0 Å². The van der Waals surface area contributed by atoms with Crippen molar-refractivity contribution in [3.05, 3.63) is 12.7 Å². The zero-order valence-electron chi connectivity index (χ0n) is 25.0. The van der Waals surface area contributed by atoms with Crippen LogP contribution in [0, 0.1) is 11.2 Å². The number of unbranched alkanes of at least 4 members (excludes halogenated alkanes) is 10. The Hall–Kier alpha value is -1.67. The second kappa shape index (κ2) is 18.1. The molecule has 2 aromatic heterocycles. The minimum Gasteiger partial charge on any atom is -0.382 e. The molecule has 12 heteroatoms. The molecule has 0 amide bonds. The molecular weight excluding hydrogens is 561 g/mol. The summed E-state index contributed by atoms with van der Waals surface area (Å²) in [6, 6.07) is 0. The fourth-order valence-electron chi connectivity index (χ4n) is 4.70. The number of rotatable bonds is 21. The highest BCUT2D eigenvalue weighted by molar-refractivity contribution is 8.38. The molecule has 0 saturated carbocycles. The highest BCUT2D eigenvalue weighted by atomic mass is 32.3. The van der Waals surface area contributed by atoms with Gasteiger partial charge in [0.25, 0.3) is 0 Å². The fraction of sp³-hybridized carbons (Fsp3) is 0.759. The first-order valence-corrected chi connectivity index (χ1v) is 19.2. The molecule has 1 saturated heterocycles. The Kier molecular flexibility index (Phi) is 14.9. The topological polar surface area (TPSA) is 135 Å². The van der Waals surface area contributed by atoms with E-state index in [1.165, 1.54) is 75.6 Å². The molecule has 0 bridgehead atoms. The monoisotopic (exact) mass is 611 g/mol. The van der Waals surface area contributed by atoms with Crippen molar-refractivity contribution >= 4 is 34.6 Å². The lowest BCUT2D eigenvalue weighted by atomic mass is 10.1. The van der Waals surface area contributed by atoms with Gasteiger partial charge in [0.2, 0.25) is 0 Å². The van der Waals surface area contributed by atoms with Gasteiger partial charge in [-0.1, -0.05) is 62.5 Å². The van der Waals surface area contributed by atoms with Gasteiger partial charge in [-0.3, -0.25) is 4.57 Å². The number of nitrogen functional groups attached to an aromatic ring is 1. The lowest BCUT2D eigenvalue weighted by molar-refractivity contribution is 0.0610. The van der Waals surface area contributed by atoms with Crippen LogP contribution in [0.3, 0.4) is 0 Å². The summed E-state index contributed by atoms with van der Waals surface area (Å²) in [5, 5.41) is 3.55. The number of anilines is 1. The van der Waals surface area contributed by atoms with Crippen LogP contribution in [-0.2, 0) is 25.1 Å². The van der Waals surface area contributed by atoms with E-state index in [1.54, 1.807) is 17.8 Å². The number of ether oxygens (including phenoxy) is 2. The number of aromatic nitrogens is 4. The van der Waals surface area contributed by atoms with Crippen LogP contribution in [0.25, 0.3) is 11.2 Å². The molecule has 3 rings (SSSR count). The summed E-state index contributed by atoms with van der Waals surface area (Å²) >= 11 is 0. The highest BCUT2D eigenvalue weighted by Crippen LogP contribution is 2.52. The summed E-state index contributed by atoms with van der Waals surface area (Å²) < 4.78 is 30.3. The summed E-state index contributed by atoms with van der Waals surface area (Å²) in [4.78, 5) is 22.4. The van der Waals surface area contributed by atoms with Crippen LogP contribution in [0.15, 0.2) is 12.7 Å². The second-order valence-electron chi connectivity index (χ2n) is 11.1. The molecule has 1 fully saturated rings. The predicted octanol–water partition coefficient (Wildman–Crippen LogP) is 6.08. The molecule has 0 aliphatic carbocycles. The quantitative estimate of drug-likeness (QED) is 0.0978. The standard InChI is InChI=1S/C29H50N5O5PS/c1-26(22-34-24-33-27-28(30)31-23-32-29(27)34)38-25-40(35,36)39-18-17-37-16-13-11-9-7-5-3-4-6-8-10-12-14-19-41(2)20-15-21-41/h23-24,26H,3-13,15-18,20-22,25H2,1-2H3,(H,35,36)(H2,30,31,32)/t26-/m1/s1. The SMILES string of the molecule is C[C@H](Cn1cnc2c(N)ncnc21)OCP(=O)(O)OCCOCCCCCCCCCCCCC#CS1(C)CCC1. The van der Waals surface area contributed by atoms with Gasteiger partial charge in [0.05, 0.1) is 32.2 Å². The van der Waals surface area contributed by atoms with E-state index in [0.717, 1.165) is 19.3 Å². The summed E-state index contributed by atoms with van der Waals surface area (Å²) in [5.41, 5.74) is 6.91. The van der Waals surface area contributed by atoms with E-state index in [1.807, 2.05) is 0 Å². The third-order valence-electron chi connectivity index (χ3n) is 7.27. The van der Waals surface area contributed by atoms with Gasteiger partial charge in [-0.15, -0.1) is 0 Å². The van der Waals surface area contributed by atoms with Gasteiger partial charge >= 0.3 is 7.60 Å². The van der Waals surface area contributed by atoms with Crippen molar-refractivity contribution < 1.29 is 23.5 Å². The Morgan fingerprint density at radius 3 is 2.39 bits per heavy atom. The average Bonchev–Trinajstić information content (AvgIpc) is 3.34. The molecule has 2 atom stereocenters. The maximum absolute atomic E-state index is 12.3. The minimum atomic E-state index is -3.87. The zero-order chi connectivity index (χ0) is 29.4. The van der Waals surface area contributed by atoms with Gasteiger partial charge < -0.3 is 29.2 Å². The number of imidazole rings is 1. The predicted molar refractivity (Wildman–Crippen MR) is 168 cm³/mol. The van der Waals surface area contributed by atoms with E-state index in [2.05, 4.69) is 32.4 Å². The summed E-state index contributed by atoms with van der Waals surface area (Å²) in [5.74, 6) is 6.48. The van der Waals surface area contributed by atoms with Crippen LogP contribution >= 0.6 is 17.6 Å². The van der Waals surface area contributed by atoms with Gasteiger partial charge in [-0.2, -0.15) is 10.0 Å². The van der Waals surface area contributed by atoms with E-state index in [4.69, 9.17) is 19.7 Å². The molecule has 3 N–H and O–H groups in total. The van der Waals surface area contributed by atoms with Crippen molar-refractivity contribution in [2.45, 2.75) is 96.6 Å². The Morgan fingerprint density at radius 1 is 1.02 bits per heavy atom. The third kappa shape index (κ3) is 13.0. The Labute approximate surface area is 247 Å². The molecule has 0 spiro atoms. The molecule has 0 aromatic carbocycles. The van der Waals surface area contributed by atoms with E-state index in [0.29, 0.717) is 30.1 Å². The molecule has 2 aromatic rings. The van der Waals surface area contributed by atoms with E-state index in [9.17, 15) is 9.46 Å². The van der Waals surface area contributed by atoms with Crippen molar-refractivity contribution in [3.63, 3.8) is 0 Å². The molecule has 41 heavy (non-hydrogen) atoms. The molecule has 0 radical (unpaired) electrons. The first-order valence-electron chi connectivity index (χ1n) is 15.1. The van der Waals surface area contributed by atoms with Crippen LogP contribution in [-0.4, -0.2) is 74.4 Å². The average molecular weight is 612 g/mol. The van der Waals surface area contributed by atoms with Crippen molar-refractivity contribution in [2.75, 3.05) is 49.7 Å². The molecular formula is C29H50N5O5PS. The van der Waals surface area contributed by atoms with Crippen LogP contribution in [0.1, 0.15) is 84.0 Å². The van der Waals surface area contributed by atoms with E-state index >= 15 is 0 Å². The first-order chi connectivity index (χ1) is 19.8. The van der Waals surface area contributed by atoms with Crippen LogP contribution in [0.4, 0.5) is 5.82 Å². The Balaban J connectivity index is 1.08. The molecule has 1 aliphatic heterocycles. The molecule has 1 aliphatic rings. The maximum Gasteiger partial charge on any atom is 0.353 e. The minimum absolute atomic E-state index is 0.0564. The maximum atomic E-state index is 12.3. The summed E-state index contributed by atoms with van der Waals surface area (Å²) in [6.07, 6.45) is 19.6. The van der Waals surface area contributed by atoms with Crippen molar-refractivity contribution in [3.8, 4) is 11.2 Å². The second-order valence-corrected chi connectivity index (χ2v) is 16.5. The van der Waals surface area contributed by atoms with Gasteiger partial charge in [0, 0.05) is 13.0 Å². The van der Waals surface area contributed by atoms with Gasteiger partial charge in [-0.25, -0.2) is 15.0 Å². The van der Waals surface area contributed by atoms with Crippen molar-refractivity contribution in [1.82, 2.24) is 19.5 Å². The number of hydrogen-bond acceptors (Lipinski definition) is 8. The van der Waals surface area contributed by atoms with E-state index < -0.39 is 24.0 Å². The van der Waals surface area contributed by atoms with Gasteiger partial charge in [-0.05, 0) is 43.9 Å². The lowest BCUT2D eigenvalue weighted by Gasteiger charge is -2.38. The molecule has 10 nitrogen and oxygen atoms in total. The Morgan fingerprint density at radius 2 is 1.71 bits per heavy atom. The molecule has 3 heterocycles. The first kappa shape index (κ1) is 33.8. The number of nitrogens with two attached hydrogens (primary N) is 1. The summed E-state index contributed by atoms with van der Waals surface area (Å²) in [7, 11) is -4.35. The number of hydrogen-bond donors (Lipinski definition) is 2. The third-order valence-corrected chi connectivity index (χ3v) is 11.4. The largest absolute Gasteiger partial charge is 0.382 e. The molecule has 1 unspecified atom stereocenters. The fourth-order valence-corrected chi connectivity index (χ4v) is 7.38.